The molecule has 13 heteroatoms. The van der Waals surface area contributed by atoms with E-state index in [1.807, 2.05) is 0 Å². The number of amides is 3. The fourth-order valence-corrected chi connectivity index (χ4v) is 5.98. The molecule has 0 bridgehead atoms. The molecule has 2 aromatic rings. The van der Waals surface area contributed by atoms with Gasteiger partial charge in [0.25, 0.3) is 5.91 Å². The first-order valence-corrected chi connectivity index (χ1v) is 13.0. The van der Waals surface area contributed by atoms with Crippen molar-refractivity contribution < 1.29 is 31.9 Å². The molecule has 1 aliphatic carbocycles. The first-order valence-electron chi connectivity index (χ1n) is 11.5. The molecular weight excluding hydrogens is 493 g/mol. The Kier molecular flexibility index (Phi) is 5.99. The average Bonchev–Trinajstić information content (AvgIpc) is 3.44. The molecule has 1 saturated carbocycles. The van der Waals surface area contributed by atoms with Gasteiger partial charge in [-0.2, -0.15) is 0 Å². The van der Waals surface area contributed by atoms with Crippen molar-refractivity contribution in [3.8, 4) is 5.75 Å². The van der Waals surface area contributed by atoms with Crippen molar-refractivity contribution in [2.75, 3.05) is 25.0 Å². The van der Waals surface area contributed by atoms with E-state index in [-0.39, 0.29) is 42.1 Å². The lowest BCUT2D eigenvalue weighted by molar-refractivity contribution is -0.145. The number of sulfonamides is 1. The third-order valence-electron chi connectivity index (χ3n) is 6.61. The van der Waals surface area contributed by atoms with E-state index in [0.717, 1.165) is 12.8 Å². The minimum atomic E-state index is -4.12. The predicted molar refractivity (Wildman–Crippen MR) is 125 cm³/mol. The molecule has 1 aromatic heterocycles. The molecule has 1 aromatic carbocycles. The van der Waals surface area contributed by atoms with E-state index in [1.54, 1.807) is 6.92 Å². The molecule has 3 aliphatic rings. The Morgan fingerprint density at radius 3 is 2.64 bits per heavy atom. The van der Waals surface area contributed by atoms with Crippen LogP contribution in [-0.4, -0.2) is 67.4 Å². The third-order valence-corrected chi connectivity index (χ3v) is 8.09. The number of ether oxygens (including phenoxy) is 1. The molecule has 0 radical (unpaired) electrons. The lowest BCUT2D eigenvalue weighted by atomic mass is 10.1. The van der Waals surface area contributed by atoms with Crippen LogP contribution < -0.4 is 20.1 Å². The maximum absolute atomic E-state index is 13.6. The zero-order chi connectivity index (χ0) is 25.8. The number of nitrogens with zero attached hydrogens (tertiary/aromatic N) is 2. The van der Waals surface area contributed by atoms with E-state index in [9.17, 15) is 27.2 Å². The molecule has 2 aliphatic heterocycles. The van der Waals surface area contributed by atoms with Gasteiger partial charge in [0.05, 0.1) is 6.61 Å². The van der Waals surface area contributed by atoms with E-state index in [2.05, 4.69) is 15.4 Å². The highest BCUT2D eigenvalue weighted by molar-refractivity contribution is 7.89. The second-order valence-corrected chi connectivity index (χ2v) is 11.1. The van der Waals surface area contributed by atoms with Crippen LogP contribution in [-0.2, 0) is 26.7 Å². The van der Waals surface area contributed by atoms with Crippen LogP contribution in [0.25, 0.3) is 0 Å². The van der Waals surface area contributed by atoms with Gasteiger partial charge in [0.15, 0.2) is 11.4 Å². The van der Waals surface area contributed by atoms with Gasteiger partial charge in [0, 0.05) is 50.0 Å². The quantitative estimate of drug-likeness (QED) is 0.505. The number of benzene rings is 1. The second-order valence-electron chi connectivity index (χ2n) is 9.46. The summed E-state index contributed by atoms with van der Waals surface area (Å²) < 4.78 is 49.9. The number of hydrogen-bond acceptors (Lipinski definition) is 6. The fourth-order valence-electron chi connectivity index (χ4n) is 4.49. The van der Waals surface area contributed by atoms with Gasteiger partial charge in [-0.15, -0.1) is 0 Å². The Hall–Kier alpha value is -3.45. The zero-order valence-electron chi connectivity index (χ0n) is 19.7. The number of hydrogen-bond donors (Lipinski definition) is 3. The zero-order valence-corrected chi connectivity index (χ0v) is 20.5. The summed E-state index contributed by atoms with van der Waals surface area (Å²) in [7, 11) is -2.60. The van der Waals surface area contributed by atoms with Crippen molar-refractivity contribution in [2.45, 2.75) is 36.7 Å². The number of likely N-dealkylation sites (tertiary alicyclic amines) is 1. The highest BCUT2D eigenvalue weighted by Gasteiger charge is 2.43. The van der Waals surface area contributed by atoms with Gasteiger partial charge in [-0.25, -0.2) is 17.5 Å². The molecule has 5 rings (SSSR count). The van der Waals surface area contributed by atoms with Gasteiger partial charge in [0.1, 0.15) is 10.7 Å². The van der Waals surface area contributed by atoms with Crippen LogP contribution >= 0.6 is 0 Å². The molecule has 1 saturated heterocycles. The standard InChI is InChI=1S/C23H26FN5O6S/c1-12-7-15(5-6-16(12)24)26-21(30)19-20-18(10-28(19)2)36(33,34)27-17-9-29(8-13(17)11-35-20)23(32)22(31)25-14-3-4-14/h5-7,10,13-14,17,27H,3-4,8-9,11H2,1-2H3,(H,25,31)(H,26,30). The molecule has 2 atom stereocenters. The van der Waals surface area contributed by atoms with Crippen molar-refractivity contribution in [1.82, 2.24) is 19.5 Å². The summed E-state index contributed by atoms with van der Waals surface area (Å²) >= 11 is 0. The number of anilines is 1. The molecule has 2 fully saturated rings. The summed E-state index contributed by atoms with van der Waals surface area (Å²) in [6.07, 6.45) is 2.96. The number of aromatic nitrogens is 1. The van der Waals surface area contributed by atoms with Crippen LogP contribution in [0.15, 0.2) is 29.3 Å². The molecule has 192 valence electrons. The number of halogens is 1. The van der Waals surface area contributed by atoms with Gasteiger partial charge in [0.2, 0.25) is 10.0 Å². The smallest absolute Gasteiger partial charge is 0.311 e. The Balaban J connectivity index is 1.37. The van der Waals surface area contributed by atoms with E-state index in [4.69, 9.17) is 4.74 Å². The van der Waals surface area contributed by atoms with Crippen molar-refractivity contribution in [3.05, 3.63) is 41.5 Å². The topological polar surface area (TPSA) is 139 Å². The second kappa shape index (κ2) is 8.89. The highest BCUT2D eigenvalue weighted by Crippen LogP contribution is 2.35. The Bertz CT molecular complexity index is 1370. The number of nitrogens with one attached hydrogen (secondary N) is 3. The molecule has 3 amide bonds. The van der Waals surface area contributed by atoms with Gasteiger partial charge >= 0.3 is 11.8 Å². The van der Waals surface area contributed by atoms with Crippen LogP contribution in [0.5, 0.6) is 5.75 Å². The van der Waals surface area contributed by atoms with E-state index in [0.29, 0.717) is 11.3 Å². The average molecular weight is 520 g/mol. The highest BCUT2D eigenvalue weighted by atomic mass is 32.2. The summed E-state index contributed by atoms with van der Waals surface area (Å²) in [6, 6.07) is 3.47. The maximum atomic E-state index is 13.6. The molecule has 11 nitrogen and oxygen atoms in total. The summed E-state index contributed by atoms with van der Waals surface area (Å²) in [5.41, 5.74) is 0.663. The summed E-state index contributed by atoms with van der Waals surface area (Å²) in [5, 5.41) is 5.30. The van der Waals surface area contributed by atoms with Crippen LogP contribution in [0.2, 0.25) is 0 Å². The monoisotopic (exact) mass is 519 g/mol. The summed E-state index contributed by atoms with van der Waals surface area (Å²) in [5.74, 6) is -2.99. The van der Waals surface area contributed by atoms with E-state index < -0.39 is 45.5 Å². The van der Waals surface area contributed by atoms with Gasteiger partial charge in [-0.3, -0.25) is 14.4 Å². The summed E-state index contributed by atoms with van der Waals surface area (Å²) in [6.45, 7) is 1.74. The maximum Gasteiger partial charge on any atom is 0.311 e. The number of rotatable bonds is 3. The van der Waals surface area contributed by atoms with Crippen LogP contribution in [0, 0.1) is 18.7 Å². The molecule has 2 unspecified atom stereocenters. The molecule has 3 N–H and O–H groups in total. The molecule has 3 heterocycles. The van der Waals surface area contributed by atoms with E-state index in [1.165, 1.54) is 40.9 Å². The Morgan fingerprint density at radius 1 is 1.19 bits per heavy atom. The molecule has 0 spiro atoms. The van der Waals surface area contributed by atoms with Crippen molar-refractivity contribution >= 4 is 33.4 Å². The van der Waals surface area contributed by atoms with Crippen molar-refractivity contribution in [1.29, 1.82) is 0 Å². The first-order chi connectivity index (χ1) is 17.0. The first kappa shape index (κ1) is 24.3. The van der Waals surface area contributed by atoms with Gasteiger partial charge in [-0.05, 0) is 43.5 Å². The summed E-state index contributed by atoms with van der Waals surface area (Å²) in [4.78, 5) is 39.0. The Morgan fingerprint density at radius 2 is 1.94 bits per heavy atom. The lowest BCUT2D eigenvalue weighted by Gasteiger charge is -2.23. The normalized spacial score (nSPS) is 22.5. The lowest BCUT2D eigenvalue weighted by Crippen LogP contribution is -2.45. The van der Waals surface area contributed by atoms with Crippen LogP contribution in [0.4, 0.5) is 10.1 Å². The number of aryl methyl sites for hydroxylation is 2. The van der Waals surface area contributed by atoms with Gasteiger partial charge in [-0.1, -0.05) is 0 Å². The molecular formula is C23H26FN5O6S. The van der Waals surface area contributed by atoms with Crippen molar-refractivity contribution in [3.63, 3.8) is 0 Å². The Labute approximate surface area is 207 Å². The SMILES string of the molecule is Cc1cc(NC(=O)c2c3c(cn2C)S(=O)(=O)NC2CN(C(=O)C(=O)NC4CC4)CC2CO3)ccc1F. The number of carbonyl (C=O) groups excluding carboxylic acids is 3. The largest absolute Gasteiger partial charge is 0.489 e. The number of carbonyl (C=O) groups is 3. The van der Waals surface area contributed by atoms with Crippen LogP contribution in [0.3, 0.4) is 0 Å². The third kappa shape index (κ3) is 4.55. The van der Waals surface area contributed by atoms with E-state index >= 15 is 0 Å². The number of fused-ring (bicyclic) bond motifs is 2. The van der Waals surface area contributed by atoms with Crippen molar-refractivity contribution in [2.24, 2.45) is 13.0 Å². The minimum Gasteiger partial charge on any atom is -0.489 e. The minimum absolute atomic E-state index is 0.0220. The predicted octanol–water partition coefficient (Wildman–Crippen LogP) is 0.501. The fraction of sp³-hybridized carbons (Fsp3) is 0.435. The van der Waals surface area contributed by atoms with Crippen LogP contribution in [0.1, 0.15) is 28.9 Å². The van der Waals surface area contributed by atoms with Gasteiger partial charge < -0.3 is 24.8 Å². The molecule has 36 heavy (non-hydrogen) atoms.